The first-order valence-corrected chi connectivity index (χ1v) is 5.76. The lowest BCUT2D eigenvalue weighted by Gasteiger charge is -2.20. The molecule has 0 saturated carbocycles. The van der Waals surface area contributed by atoms with E-state index in [-0.39, 0.29) is 13.1 Å². The van der Waals surface area contributed by atoms with Gasteiger partial charge in [-0.25, -0.2) is 0 Å². The van der Waals surface area contributed by atoms with Crippen molar-refractivity contribution in [2.45, 2.75) is 0 Å². The van der Waals surface area contributed by atoms with E-state index < -0.39 is 17.8 Å². The molecular formula is C13H16N2O5. The number of hydrogen-bond acceptors (Lipinski definition) is 6. The van der Waals surface area contributed by atoms with Crippen molar-refractivity contribution in [2.24, 2.45) is 0 Å². The van der Waals surface area contributed by atoms with Crippen LogP contribution in [0.2, 0.25) is 0 Å². The lowest BCUT2D eigenvalue weighted by atomic mass is 10.2. The van der Waals surface area contributed by atoms with Gasteiger partial charge in [0.25, 0.3) is 5.91 Å². The third kappa shape index (κ3) is 4.27. The molecule has 0 aromatic heterocycles. The molecule has 0 saturated heterocycles. The van der Waals surface area contributed by atoms with E-state index >= 15 is 0 Å². The predicted molar refractivity (Wildman–Crippen MR) is 70.8 cm³/mol. The predicted octanol–water partition coefficient (Wildman–Crippen LogP) is 0.0570. The maximum absolute atomic E-state index is 12.2. The number of esters is 2. The average Bonchev–Trinajstić information content (AvgIpc) is 2.46. The Hall–Kier alpha value is -2.57. The zero-order valence-corrected chi connectivity index (χ0v) is 11.3. The van der Waals surface area contributed by atoms with Crippen molar-refractivity contribution in [3.8, 4) is 0 Å². The second-order valence-corrected chi connectivity index (χ2v) is 3.94. The normalized spacial score (nSPS) is 9.70. The van der Waals surface area contributed by atoms with E-state index in [1.54, 1.807) is 12.1 Å². The van der Waals surface area contributed by atoms with Gasteiger partial charge in [0.05, 0.1) is 14.2 Å². The highest BCUT2D eigenvalue weighted by Gasteiger charge is 2.22. The number of ether oxygens (including phenoxy) is 2. The van der Waals surface area contributed by atoms with E-state index in [1.807, 2.05) is 0 Å². The number of nitrogens with two attached hydrogens (primary N) is 1. The summed E-state index contributed by atoms with van der Waals surface area (Å²) in [5, 5.41) is 0. The second kappa shape index (κ2) is 7.13. The molecule has 0 aliphatic heterocycles. The first-order chi connectivity index (χ1) is 9.47. The van der Waals surface area contributed by atoms with Gasteiger partial charge in [-0.2, -0.15) is 0 Å². The van der Waals surface area contributed by atoms with Gasteiger partial charge in [-0.3, -0.25) is 14.4 Å². The molecule has 0 atom stereocenters. The molecule has 2 N–H and O–H groups in total. The van der Waals surface area contributed by atoms with E-state index in [0.717, 1.165) is 4.90 Å². The minimum Gasteiger partial charge on any atom is -0.468 e. The first kappa shape index (κ1) is 15.5. The molecule has 0 bridgehead atoms. The standard InChI is InChI=1S/C13H16N2O5/c1-19-11(16)7-15(8-12(17)20-2)13(18)9-3-5-10(14)6-4-9/h3-6H,7-8,14H2,1-2H3. The van der Waals surface area contributed by atoms with E-state index in [2.05, 4.69) is 9.47 Å². The Labute approximate surface area is 116 Å². The zero-order chi connectivity index (χ0) is 15.1. The number of methoxy groups -OCH3 is 2. The summed E-state index contributed by atoms with van der Waals surface area (Å²) < 4.78 is 8.99. The minimum absolute atomic E-state index is 0.312. The molecule has 0 aliphatic rings. The number of nitrogens with zero attached hydrogens (tertiary/aromatic N) is 1. The molecule has 108 valence electrons. The van der Waals surface area contributed by atoms with Crippen molar-refractivity contribution in [3.05, 3.63) is 29.8 Å². The Balaban J connectivity index is 2.90. The molecule has 1 aromatic rings. The van der Waals surface area contributed by atoms with Crippen LogP contribution < -0.4 is 5.73 Å². The molecule has 0 unspecified atom stereocenters. The zero-order valence-electron chi connectivity index (χ0n) is 11.3. The number of amides is 1. The van der Waals surface area contributed by atoms with Crippen molar-refractivity contribution in [1.82, 2.24) is 4.90 Å². The van der Waals surface area contributed by atoms with Crippen molar-refractivity contribution in [2.75, 3.05) is 33.0 Å². The molecule has 0 aliphatic carbocycles. The average molecular weight is 280 g/mol. The molecule has 7 heteroatoms. The first-order valence-electron chi connectivity index (χ1n) is 5.76. The Bertz CT molecular complexity index is 480. The quantitative estimate of drug-likeness (QED) is 0.604. The van der Waals surface area contributed by atoms with Gasteiger partial charge < -0.3 is 20.1 Å². The summed E-state index contributed by atoms with van der Waals surface area (Å²) in [6.07, 6.45) is 0. The van der Waals surface area contributed by atoms with Gasteiger partial charge in [0.1, 0.15) is 13.1 Å². The second-order valence-electron chi connectivity index (χ2n) is 3.94. The molecule has 1 aromatic carbocycles. The van der Waals surface area contributed by atoms with E-state index in [4.69, 9.17) is 5.73 Å². The number of rotatable bonds is 5. The summed E-state index contributed by atoms with van der Waals surface area (Å²) in [5.41, 5.74) is 6.35. The van der Waals surface area contributed by atoms with E-state index in [1.165, 1.54) is 26.4 Å². The van der Waals surface area contributed by atoms with Gasteiger partial charge >= 0.3 is 11.9 Å². The third-order valence-corrected chi connectivity index (χ3v) is 2.54. The van der Waals surface area contributed by atoms with Crippen molar-refractivity contribution in [3.63, 3.8) is 0 Å². The molecule has 0 heterocycles. The van der Waals surface area contributed by atoms with Gasteiger partial charge in [-0.1, -0.05) is 0 Å². The Kier molecular flexibility index (Phi) is 5.52. The van der Waals surface area contributed by atoms with Crippen LogP contribution in [-0.2, 0) is 19.1 Å². The Morgan fingerprint density at radius 3 is 1.85 bits per heavy atom. The number of anilines is 1. The molecule has 0 spiro atoms. The molecule has 20 heavy (non-hydrogen) atoms. The largest absolute Gasteiger partial charge is 0.468 e. The van der Waals surface area contributed by atoms with Crippen LogP contribution in [0.15, 0.2) is 24.3 Å². The van der Waals surface area contributed by atoms with Gasteiger partial charge in [0, 0.05) is 11.3 Å². The summed E-state index contributed by atoms with van der Waals surface area (Å²) >= 11 is 0. The summed E-state index contributed by atoms with van der Waals surface area (Å²) in [4.78, 5) is 35.9. The van der Waals surface area contributed by atoms with E-state index in [0.29, 0.717) is 11.3 Å². The van der Waals surface area contributed by atoms with Crippen LogP contribution in [0, 0.1) is 0 Å². The summed E-state index contributed by atoms with van der Waals surface area (Å²) in [6.45, 7) is -0.677. The maximum Gasteiger partial charge on any atom is 0.325 e. The molecule has 0 radical (unpaired) electrons. The fourth-order valence-electron chi connectivity index (χ4n) is 1.45. The Morgan fingerprint density at radius 1 is 1.00 bits per heavy atom. The molecule has 7 nitrogen and oxygen atoms in total. The molecule has 0 fully saturated rings. The summed E-state index contributed by atoms with van der Waals surface area (Å²) in [5.74, 6) is -1.74. The maximum atomic E-state index is 12.2. The molecular weight excluding hydrogens is 264 g/mol. The third-order valence-electron chi connectivity index (χ3n) is 2.54. The van der Waals surface area contributed by atoms with Crippen LogP contribution in [0.5, 0.6) is 0 Å². The van der Waals surface area contributed by atoms with Crippen molar-refractivity contribution in [1.29, 1.82) is 0 Å². The van der Waals surface area contributed by atoms with Crippen LogP contribution in [0.25, 0.3) is 0 Å². The number of hydrogen-bond donors (Lipinski definition) is 1. The van der Waals surface area contributed by atoms with Gasteiger partial charge in [0.15, 0.2) is 0 Å². The number of carbonyl (C=O) groups is 3. The van der Waals surface area contributed by atoms with Crippen LogP contribution in [0.3, 0.4) is 0 Å². The highest BCUT2D eigenvalue weighted by atomic mass is 16.5. The number of benzene rings is 1. The van der Waals surface area contributed by atoms with Crippen LogP contribution in [-0.4, -0.2) is 50.1 Å². The van der Waals surface area contributed by atoms with Crippen LogP contribution in [0.1, 0.15) is 10.4 Å². The topological polar surface area (TPSA) is 98.9 Å². The minimum atomic E-state index is -0.627. The monoisotopic (exact) mass is 280 g/mol. The number of carbonyl (C=O) groups excluding carboxylic acids is 3. The van der Waals surface area contributed by atoms with Crippen molar-refractivity contribution < 1.29 is 23.9 Å². The SMILES string of the molecule is COC(=O)CN(CC(=O)OC)C(=O)c1ccc(N)cc1. The summed E-state index contributed by atoms with van der Waals surface area (Å²) in [7, 11) is 2.40. The van der Waals surface area contributed by atoms with Crippen LogP contribution >= 0.6 is 0 Å². The highest BCUT2D eigenvalue weighted by Crippen LogP contribution is 2.09. The Morgan fingerprint density at radius 2 is 1.45 bits per heavy atom. The molecule has 1 amide bonds. The fourth-order valence-corrected chi connectivity index (χ4v) is 1.45. The van der Waals surface area contributed by atoms with Crippen LogP contribution in [0.4, 0.5) is 5.69 Å². The fraction of sp³-hybridized carbons (Fsp3) is 0.308. The van der Waals surface area contributed by atoms with Gasteiger partial charge in [-0.15, -0.1) is 0 Å². The molecule has 1 rings (SSSR count). The van der Waals surface area contributed by atoms with Gasteiger partial charge in [0.2, 0.25) is 0 Å². The van der Waals surface area contributed by atoms with Crippen molar-refractivity contribution >= 4 is 23.5 Å². The van der Waals surface area contributed by atoms with Gasteiger partial charge in [-0.05, 0) is 24.3 Å². The number of nitrogen functional groups attached to an aromatic ring is 1. The van der Waals surface area contributed by atoms with E-state index in [9.17, 15) is 14.4 Å². The lowest BCUT2D eigenvalue weighted by molar-refractivity contribution is -0.144. The summed E-state index contributed by atoms with van der Waals surface area (Å²) in [6, 6.07) is 6.14. The lowest BCUT2D eigenvalue weighted by Crippen LogP contribution is -2.40. The highest BCUT2D eigenvalue weighted by molar-refractivity contribution is 5.97. The smallest absolute Gasteiger partial charge is 0.325 e.